The van der Waals surface area contributed by atoms with E-state index in [0.717, 1.165) is 6.42 Å². The minimum absolute atomic E-state index is 0.0193. The Hall–Kier alpha value is -2.70. The largest absolute Gasteiger partial charge is 0.353 e. The second-order valence-electron chi connectivity index (χ2n) is 6.07. The SMILES string of the molecule is Cc1ccc(C[C@@H](C)NC(=O)CCn2cc([N+](=O)[O-])cn2)c(C)c1. The number of carbonyl (C=O) groups excluding carboxylic acids is 1. The standard InChI is InChI=1S/C17H22N4O3/c1-12-4-5-15(13(2)8-12)9-14(3)19-17(22)6-7-20-11-16(10-18-20)21(23)24/h4-5,8,10-11,14H,6-7,9H2,1-3H3,(H,19,22)/t14-/m1/s1. The van der Waals surface area contributed by atoms with Gasteiger partial charge in [0.05, 0.1) is 4.92 Å². The van der Waals surface area contributed by atoms with E-state index in [-0.39, 0.29) is 24.1 Å². The van der Waals surface area contributed by atoms with Gasteiger partial charge in [-0.25, -0.2) is 0 Å². The molecular weight excluding hydrogens is 308 g/mol. The summed E-state index contributed by atoms with van der Waals surface area (Å²) in [4.78, 5) is 22.1. The lowest BCUT2D eigenvalue weighted by molar-refractivity contribution is -0.385. The number of aryl methyl sites for hydroxylation is 3. The minimum atomic E-state index is -0.504. The highest BCUT2D eigenvalue weighted by Crippen LogP contribution is 2.13. The van der Waals surface area contributed by atoms with Gasteiger partial charge in [-0.2, -0.15) is 5.10 Å². The molecule has 128 valence electrons. The zero-order valence-corrected chi connectivity index (χ0v) is 14.2. The predicted molar refractivity (Wildman–Crippen MR) is 90.7 cm³/mol. The maximum atomic E-state index is 12.0. The first-order valence-electron chi connectivity index (χ1n) is 7.87. The van der Waals surface area contributed by atoms with Crippen molar-refractivity contribution < 1.29 is 9.72 Å². The van der Waals surface area contributed by atoms with E-state index in [1.54, 1.807) is 0 Å². The van der Waals surface area contributed by atoms with Gasteiger partial charge in [0.15, 0.2) is 0 Å². The third-order valence-electron chi connectivity index (χ3n) is 3.83. The maximum absolute atomic E-state index is 12.0. The summed E-state index contributed by atoms with van der Waals surface area (Å²) in [6, 6.07) is 6.32. The highest BCUT2D eigenvalue weighted by Gasteiger charge is 2.12. The molecule has 0 saturated carbocycles. The molecule has 1 amide bonds. The minimum Gasteiger partial charge on any atom is -0.353 e. The number of aromatic nitrogens is 2. The number of hydrogen-bond donors (Lipinski definition) is 1. The molecule has 0 spiro atoms. The van der Waals surface area contributed by atoms with E-state index < -0.39 is 4.92 Å². The van der Waals surface area contributed by atoms with Crippen LogP contribution in [0.15, 0.2) is 30.6 Å². The predicted octanol–water partition coefficient (Wildman–Crippen LogP) is 2.55. The van der Waals surface area contributed by atoms with Gasteiger partial charge in [-0.3, -0.25) is 19.6 Å². The number of nitrogens with one attached hydrogen (secondary N) is 1. The van der Waals surface area contributed by atoms with E-state index in [1.165, 1.54) is 33.8 Å². The molecule has 0 unspecified atom stereocenters. The average molecular weight is 330 g/mol. The van der Waals surface area contributed by atoms with Crippen molar-refractivity contribution in [1.82, 2.24) is 15.1 Å². The molecule has 7 heteroatoms. The second-order valence-corrected chi connectivity index (χ2v) is 6.07. The van der Waals surface area contributed by atoms with Gasteiger partial charge < -0.3 is 5.32 Å². The van der Waals surface area contributed by atoms with Crippen molar-refractivity contribution in [2.24, 2.45) is 0 Å². The fourth-order valence-corrected chi connectivity index (χ4v) is 2.59. The van der Waals surface area contributed by atoms with Crippen LogP contribution in [0.5, 0.6) is 0 Å². The van der Waals surface area contributed by atoms with Crippen LogP contribution in [0.2, 0.25) is 0 Å². The van der Waals surface area contributed by atoms with Crippen molar-refractivity contribution in [3.05, 3.63) is 57.4 Å². The number of rotatable bonds is 7. The van der Waals surface area contributed by atoms with Crippen molar-refractivity contribution in [1.29, 1.82) is 0 Å². The van der Waals surface area contributed by atoms with Crippen LogP contribution in [0, 0.1) is 24.0 Å². The van der Waals surface area contributed by atoms with Gasteiger partial charge in [-0.1, -0.05) is 23.8 Å². The summed E-state index contributed by atoms with van der Waals surface area (Å²) in [6.45, 7) is 6.41. The molecule has 0 aliphatic carbocycles. The summed E-state index contributed by atoms with van der Waals surface area (Å²) >= 11 is 0. The Labute approximate surface area is 140 Å². The Morgan fingerprint density at radius 3 is 2.79 bits per heavy atom. The third-order valence-corrected chi connectivity index (χ3v) is 3.83. The topological polar surface area (TPSA) is 90.1 Å². The molecule has 0 fully saturated rings. The van der Waals surface area contributed by atoms with Crippen LogP contribution in [-0.2, 0) is 17.8 Å². The Bertz CT molecular complexity index is 739. The molecule has 1 atom stereocenters. The molecule has 0 saturated heterocycles. The third kappa shape index (κ3) is 4.91. The van der Waals surface area contributed by atoms with Crippen molar-refractivity contribution in [3.8, 4) is 0 Å². The molecule has 1 N–H and O–H groups in total. The summed E-state index contributed by atoms with van der Waals surface area (Å²) in [5, 5.41) is 17.4. The summed E-state index contributed by atoms with van der Waals surface area (Å²) in [7, 11) is 0. The van der Waals surface area contributed by atoms with Crippen LogP contribution in [0.1, 0.15) is 30.0 Å². The monoisotopic (exact) mass is 330 g/mol. The summed E-state index contributed by atoms with van der Waals surface area (Å²) in [5.41, 5.74) is 3.59. The lowest BCUT2D eigenvalue weighted by atomic mass is 10.00. The number of carbonyl (C=O) groups is 1. The number of nitro groups is 1. The van der Waals surface area contributed by atoms with Crippen molar-refractivity contribution in [2.75, 3.05) is 0 Å². The van der Waals surface area contributed by atoms with E-state index in [1.807, 2.05) is 6.92 Å². The van der Waals surface area contributed by atoms with Gasteiger partial charge in [0, 0.05) is 19.0 Å². The van der Waals surface area contributed by atoms with E-state index in [2.05, 4.69) is 42.5 Å². The number of nitrogens with zero attached hydrogens (tertiary/aromatic N) is 3. The van der Waals surface area contributed by atoms with Crippen LogP contribution in [0.3, 0.4) is 0 Å². The molecule has 0 aliphatic rings. The van der Waals surface area contributed by atoms with Gasteiger partial charge in [-0.15, -0.1) is 0 Å². The Kier molecular flexibility index (Phi) is 5.68. The molecular formula is C17H22N4O3. The Morgan fingerprint density at radius 1 is 1.42 bits per heavy atom. The van der Waals surface area contributed by atoms with Crippen LogP contribution in [0.25, 0.3) is 0 Å². The Balaban J connectivity index is 1.81. The van der Waals surface area contributed by atoms with Gasteiger partial charge in [-0.05, 0) is 38.3 Å². The molecule has 0 bridgehead atoms. The lowest BCUT2D eigenvalue weighted by Gasteiger charge is -2.16. The number of amides is 1. The van der Waals surface area contributed by atoms with Crippen molar-refractivity contribution >= 4 is 11.6 Å². The summed E-state index contributed by atoms with van der Waals surface area (Å²) < 4.78 is 1.41. The van der Waals surface area contributed by atoms with Gasteiger partial charge in [0.25, 0.3) is 0 Å². The van der Waals surface area contributed by atoms with E-state index in [9.17, 15) is 14.9 Å². The van der Waals surface area contributed by atoms with Gasteiger partial charge >= 0.3 is 5.69 Å². The highest BCUT2D eigenvalue weighted by molar-refractivity contribution is 5.76. The molecule has 0 aliphatic heterocycles. The number of hydrogen-bond acceptors (Lipinski definition) is 4. The number of benzene rings is 1. The Morgan fingerprint density at radius 2 is 2.17 bits per heavy atom. The molecule has 1 heterocycles. The second kappa shape index (κ2) is 7.72. The fraction of sp³-hybridized carbons (Fsp3) is 0.412. The quantitative estimate of drug-likeness (QED) is 0.624. The molecule has 0 radical (unpaired) electrons. The smallest absolute Gasteiger partial charge is 0.306 e. The van der Waals surface area contributed by atoms with Crippen LogP contribution >= 0.6 is 0 Å². The molecule has 2 rings (SSSR count). The highest BCUT2D eigenvalue weighted by atomic mass is 16.6. The van der Waals surface area contributed by atoms with Crippen LogP contribution in [-0.4, -0.2) is 26.7 Å². The first kappa shape index (κ1) is 17.7. The van der Waals surface area contributed by atoms with Gasteiger partial charge in [0.1, 0.15) is 12.4 Å². The maximum Gasteiger partial charge on any atom is 0.306 e. The van der Waals surface area contributed by atoms with Crippen LogP contribution < -0.4 is 5.32 Å². The average Bonchev–Trinajstić information content (AvgIpc) is 2.97. The molecule has 1 aromatic heterocycles. The zero-order valence-electron chi connectivity index (χ0n) is 14.2. The summed E-state index contributed by atoms with van der Waals surface area (Å²) in [5.74, 6) is -0.0922. The molecule has 7 nitrogen and oxygen atoms in total. The van der Waals surface area contributed by atoms with Gasteiger partial charge in [0.2, 0.25) is 5.91 Å². The van der Waals surface area contributed by atoms with E-state index in [0.29, 0.717) is 6.54 Å². The molecule has 2 aromatic rings. The van der Waals surface area contributed by atoms with Crippen molar-refractivity contribution in [3.63, 3.8) is 0 Å². The molecule has 1 aromatic carbocycles. The lowest BCUT2D eigenvalue weighted by Crippen LogP contribution is -2.34. The first-order valence-corrected chi connectivity index (χ1v) is 7.87. The summed E-state index contributed by atoms with van der Waals surface area (Å²) in [6.07, 6.45) is 3.51. The normalized spacial score (nSPS) is 12.0. The van der Waals surface area contributed by atoms with E-state index in [4.69, 9.17) is 0 Å². The fourth-order valence-electron chi connectivity index (χ4n) is 2.59. The van der Waals surface area contributed by atoms with Crippen LogP contribution in [0.4, 0.5) is 5.69 Å². The molecule has 24 heavy (non-hydrogen) atoms. The first-order chi connectivity index (χ1) is 11.3. The zero-order chi connectivity index (χ0) is 17.7. The van der Waals surface area contributed by atoms with E-state index >= 15 is 0 Å². The van der Waals surface area contributed by atoms with Crippen molar-refractivity contribution in [2.45, 2.75) is 46.2 Å².